The van der Waals surface area contributed by atoms with Crippen LogP contribution in [0, 0.1) is 17.8 Å². The van der Waals surface area contributed by atoms with E-state index in [0.717, 1.165) is 13.0 Å². The Balaban J connectivity index is 2.29. The van der Waals surface area contributed by atoms with Gasteiger partial charge < -0.3 is 5.73 Å². The van der Waals surface area contributed by atoms with Gasteiger partial charge in [-0.2, -0.15) is 0 Å². The summed E-state index contributed by atoms with van der Waals surface area (Å²) < 4.78 is 0. The highest BCUT2D eigenvalue weighted by Gasteiger charge is 2.04. The van der Waals surface area contributed by atoms with Crippen LogP contribution in [0.3, 0.4) is 0 Å². The molecule has 1 aliphatic rings. The Kier molecular flexibility index (Phi) is 0.813. The predicted molar refractivity (Wildman–Crippen MR) is 24.9 cm³/mol. The second-order valence-electron chi connectivity index (χ2n) is 1.46. The van der Waals surface area contributed by atoms with Crippen LogP contribution in [0.5, 0.6) is 0 Å². The zero-order valence-corrected chi connectivity index (χ0v) is 3.57. The molecule has 1 rings (SSSR count). The zero-order valence-electron chi connectivity index (χ0n) is 3.57. The molecule has 0 fully saturated rings. The molecule has 1 aliphatic carbocycles. The Morgan fingerprint density at radius 3 is 2.50 bits per heavy atom. The molecule has 0 aliphatic heterocycles. The Bertz CT molecular complexity index is 96.2. The third-order valence-corrected chi connectivity index (χ3v) is 0.939. The minimum absolute atomic E-state index is 0.532. The van der Waals surface area contributed by atoms with Crippen LogP contribution in [-0.4, -0.2) is 6.54 Å². The third-order valence-electron chi connectivity index (χ3n) is 0.939. The second-order valence-corrected chi connectivity index (χ2v) is 1.46. The smallest absolute Gasteiger partial charge is 0.0434 e. The highest BCUT2D eigenvalue weighted by Crippen LogP contribution is 2.04. The van der Waals surface area contributed by atoms with Crippen LogP contribution >= 0.6 is 0 Å². The van der Waals surface area contributed by atoms with Crippen molar-refractivity contribution < 1.29 is 0 Å². The van der Waals surface area contributed by atoms with Crippen LogP contribution in [0.2, 0.25) is 0 Å². The van der Waals surface area contributed by atoms with E-state index in [-0.39, 0.29) is 0 Å². The van der Waals surface area contributed by atoms with Crippen LogP contribution in [0.15, 0.2) is 0 Å². The van der Waals surface area contributed by atoms with Gasteiger partial charge in [-0.1, -0.05) is 5.92 Å². The molecule has 0 aromatic rings. The van der Waals surface area contributed by atoms with Gasteiger partial charge in [-0.05, 0) is 0 Å². The van der Waals surface area contributed by atoms with Crippen LogP contribution < -0.4 is 5.73 Å². The Morgan fingerprint density at radius 2 is 2.50 bits per heavy atom. The molecular weight excluding hydrogens is 74.1 g/mol. The van der Waals surface area contributed by atoms with E-state index >= 15 is 0 Å². The average Bonchev–Trinajstić information content (AvgIpc) is 1.31. The summed E-state index contributed by atoms with van der Waals surface area (Å²) in [5.74, 6) is 6.33. The highest BCUT2D eigenvalue weighted by atomic mass is 14.5. The van der Waals surface area contributed by atoms with E-state index in [1.807, 2.05) is 0 Å². The van der Waals surface area contributed by atoms with Crippen molar-refractivity contribution in [2.75, 3.05) is 6.54 Å². The SMILES string of the molecule is NCC1C#CC1. The molecule has 1 atom stereocenters. The molecule has 0 aromatic carbocycles. The Morgan fingerprint density at radius 1 is 1.83 bits per heavy atom. The molecule has 0 aromatic heterocycles. The van der Waals surface area contributed by atoms with Gasteiger partial charge in [-0.3, -0.25) is 0 Å². The summed E-state index contributed by atoms with van der Waals surface area (Å²) in [6.45, 7) is 0.743. The zero-order chi connectivity index (χ0) is 4.41. The van der Waals surface area contributed by atoms with Gasteiger partial charge >= 0.3 is 0 Å². The predicted octanol–water partition coefficient (Wildman–Crippen LogP) is -0.0316. The minimum Gasteiger partial charge on any atom is -0.329 e. The van der Waals surface area contributed by atoms with Gasteiger partial charge in [0, 0.05) is 18.9 Å². The highest BCUT2D eigenvalue weighted by molar-refractivity contribution is 5.16. The lowest BCUT2D eigenvalue weighted by Crippen LogP contribution is -2.15. The summed E-state index contributed by atoms with van der Waals surface area (Å²) in [7, 11) is 0. The van der Waals surface area contributed by atoms with Crippen LogP contribution in [0.25, 0.3) is 0 Å². The van der Waals surface area contributed by atoms with Gasteiger partial charge in [0.1, 0.15) is 0 Å². The molecule has 0 radical (unpaired) electrons. The Hall–Kier alpha value is -0.480. The molecule has 0 saturated carbocycles. The van der Waals surface area contributed by atoms with Crippen molar-refractivity contribution >= 4 is 0 Å². The third kappa shape index (κ3) is 0.395. The van der Waals surface area contributed by atoms with E-state index in [9.17, 15) is 0 Å². The summed E-state index contributed by atoms with van der Waals surface area (Å²) in [5.41, 5.74) is 5.23. The fourth-order valence-corrected chi connectivity index (χ4v) is 0.389. The summed E-state index contributed by atoms with van der Waals surface area (Å²) in [6, 6.07) is 0. The lowest BCUT2D eigenvalue weighted by molar-refractivity contribution is 0.677. The van der Waals surface area contributed by atoms with Gasteiger partial charge in [0.2, 0.25) is 0 Å². The number of hydrogen-bond acceptors (Lipinski definition) is 1. The van der Waals surface area contributed by atoms with Crippen LogP contribution in [0.1, 0.15) is 6.42 Å². The van der Waals surface area contributed by atoms with Gasteiger partial charge in [0.15, 0.2) is 0 Å². The first kappa shape index (κ1) is 3.70. The first-order valence-corrected chi connectivity index (χ1v) is 2.12. The van der Waals surface area contributed by atoms with Crippen molar-refractivity contribution in [3.8, 4) is 11.8 Å². The maximum atomic E-state index is 5.23. The normalized spacial score (nSPS) is 27.2. The first-order chi connectivity index (χ1) is 2.93. The minimum atomic E-state index is 0.532. The van der Waals surface area contributed by atoms with E-state index in [1.165, 1.54) is 0 Å². The summed E-state index contributed by atoms with van der Waals surface area (Å²) in [5, 5.41) is 0. The van der Waals surface area contributed by atoms with Crippen molar-refractivity contribution in [3.05, 3.63) is 0 Å². The Labute approximate surface area is 37.5 Å². The summed E-state index contributed by atoms with van der Waals surface area (Å²) in [6.07, 6.45) is 1.02. The van der Waals surface area contributed by atoms with Crippen molar-refractivity contribution in [2.24, 2.45) is 11.7 Å². The average molecular weight is 81.1 g/mol. The quantitative estimate of drug-likeness (QED) is 0.441. The maximum Gasteiger partial charge on any atom is 0.0434 e. The molecule has 2 N–H and O–H groups in total. The lowest BCUT2D eigenvalue weighted by Gasteiger charge is -2.06. The lowest BCUT2D eigenvalue weighted by atomic mass is 10.00. The fourth-order valence-electron chi connectivity index (χ4n) is 0.389. The van der Waals surface area contributed by atoms with E-state index in [4.69, 9.17) is 5.73 Å². The monoisotopic (exact) mass is 81.1 g/mol. The van der Waals surface area contributed by atoms with Crippen molar-refractivity contribution in [1.29, 1.82) is 0 Å². The summed E-state index contributed by atoms with van der Waals surface area (Å²) in [4.78, 5) is 0. The topological polar surface area (TPSA) is 26.0 Å². The molecule has 0 spiro atoms. The number of nitrogens with two attached hydrogens (primary N) is 1. The standard InChI is InChI=1S/C5H7N/c6-4-5-2-1-3-5/h5H,2,4,6H2. The molecule has 0 saturated heterocycles. The van der Waals surface area contributed by atoms with E-state index in [1.54, 1.807) is 0 Å². The van der Waals surface area contributed by atoms with Gasteiger partial charge in [-0.25, -0.2) is 0 Å². The second kappa shape index (κ2) is 1.32. The molecule has 1 heteroatoms. The van der Waals surface area contributed by atoms with E-state index < -0.39 is 0 Å². The van der Waals surface area contributed by atoms with Crippen LogP contribution in [-0.2, 0) is 0 Å². The molecule has 0 bridgehead atoms. The molecule has 1 unspecified atom stereocenters. The van der Waals surface area contributed by atoms with E-state index in [2.05, 4.69) is 11.8 Å². The molecule has 32 valence electrons. The molecule has 1 nitrogen and oxygen atoms in total. The number of hydrogen-bond donors (Lipinski definition) is 1. The van der Waals surface area contributed by atoms with Crippen LogP contribution in [0.4, 0.5) is 0 Å². The molecule has 6 heavy (non-hydrogen) atoms. The fraction of sp³-hybridized carbons (Fsp3) is 0.600. The first-order valence-electron chi connectivity index (χ1n) is 2.12. The largest absolute Gasteiger partial charge is 0.329 e. The summed E-state index contributed by atoms with van der Waals surface area (Å²) >= 11 is 0. The maximum absolute atomic E-state index is 5.23. The van der Waals surface area contributed by atoms with Gasteiger partial charge in [0.25, 0.3) is 0 Å². The van der Waals surface area contributed by atoms with Crippen molar-refractivity contribution in [3.63, 3.8) is 0 Å². The molecular formula is C5H7N. The van der Waals surface area contributed by atoms with Gasteiger partial charge in [0.05, 0.1) is 0 Å². The number of rotatable bonds is 1. The van der Waals surface area contributed by atoms with E-state index in [0.29, 0.717) is 5.92 Å². The van der Waals surface area contributed by atoms with Crippen molar-refractivity contribution in [1.82, 2.24) is 0 Å². The molecule has 0 amide bonds. The molecule has 0 heterocycles. The van der Waals surface area contributed by atoms with Gasteiger partial charge in [-0.15, -0.1) is 5.92 Å². The van der Waals surface area contributed by atoms with Crippen molar-refractivity contribution in [2.45, 2.75) is 6.42 Å².